The first-order valence-electron chi connectivity index (χ1n) is 4.30. The van der Waals surface area contributed by atoms with Gasteiger partial charge in [0.05, 0.1) is 10.9 Å². The van der Waals surface area contributed by atoms with Gasteiger partial charge in [0.25, 0.3) is 5.56 Å². The Morgan fingerprint density at radius 3 is 2.71 bits per heavy atom. The fraction of sp³-hybridized carbons (Fsp3) is 0.200. The van der Waals surface area contributed by atoms with Gasteiger partial charge in [-0.05, 0) is 18.6 Å². The lowest BCUT2D eigenvalue weighted by atomic mass is 10.1. The molecule has 4 heteroatoms. The Labute approximate surface area is 79.8 Å². The van der Waals surface area contributed by atoms with E-state index in [0.717, 1.165) is 10.1 Å². The normalized spacial score (nSPS) is 10.7. The molecule has 0 unspecified atom stereocenters. The molecule has 0 atom stereocenters. The third-order valence-corrected chi connectivity index (χ3v) is 2.34. The molecule has 2 rings (SSSR count). The molecule has 72 valence electrons. The highest BCUT2D eigenvalue weighted by molar-refractivity contribution is 5.80. The van der Waals surface area contributed by atoms with Crippen LogP contribution in [0.1, 0.15) is 5.56 Å². The Morgan fingerprint density at radius 2 is 2.00 bits per heavy atom. The highest BCUT2D eigenvalue weighted by atomic mass is 16.2. The van der Waals surface area contributed by atoms with Gasteiger partial charge in [0.15, 0.2) is 0 Å². The molecule has 0 saturated heterocycles. The van der Waals surface area contributed by atoms with Crippen LogP contribution in [0.15, 0.2) is 27.8 Å². The van der Waals surface area contributed by atoms with Crippen LogP contribution in [0.25, 0.3) is 10.9 Å². The molecule has 0 spiro atoms. The number of nitrogens with one attached hydrogen (secondary N) is 1. The summed E-state index contributed by atoms with van der Waals surface area (Å²) in [7, 11) is 1.47. The standard InChI is InChI=1S/C10H10N2O2/c1-6-4-3-5-7-8(6)9(13)12(2)10(14)11-7/h3-5H,1-2H3,(H,11,14). The Hall–Kier alpha value is -1.84. The molecule has 0 aliphatic carbocycles. The molecule has 1 aromatic carbocycles. The molecule has 14 heavy (non-hydrogen) atoms. The minimum absolute atomic E-state index is 0.248. The van der Waals surface area contributed by atoms with Gasteiger partial charge in [0, 0.05) is 7.05 Å². The van der Waals surface area contributed by atoms with Crippen LogP contribution in [0.4, 0.5) is 0 Å². The van der Waals surface area contributed by atoms with Crippen molar-refractivity contribution in [3.8, 4) is 0 Å². The van der Waals surface area contributed by atoms with E-state index in [1.165, 1.54) is 7.05 Å². The summed E-state index contributed by atoms with van der Waals surface area (Å²) in [4.78, 5) is 25.6. The van der Waals surface area contributed by atoms with Crippen molar-refractivity contribution in [3.63, 3.8) is 0 Å². The molecule has 1 aromatic heterocycles. The summed E-state index contributed by atoms with van der Waals surface area (Å²) in [5, 5.41) is 0.578. The van der Waals surface area contributed by atoms with Crippen molar-refractivity contribution in [2.75, 3.05) is 0 Å². The fourth-order valence-electron chi connectivity index (χ4n) is 1.51. The van der Waals surface area contributed by atoms with Crippen LogP contribution in [0.2, 0.25) is 0 Å². The molecule has 0 amide bonds. The Bertz CT molecular complexity index is 608. The lowest BCUT2D eigenvalue weighted by Gasteiger charge is -2.02. The number of aromatic nitrogens is 2. The van der Waals surface area contributed by atoms with Crippen LogP contribution < -0.4 is 11.2 Å². The third-order valence-electron chi connectivity index (χ3n) is 2.34. The number of rotatable bonds is 0. The molecule has 0 radical (unpaired) electrons. The van der Waals surface area contributed by atoms with Gasteiger partial charge in [-0.25, -0.2) is 4.79 Å². The van der Waals surface area contributed by atoms with Crippen LogP contribution in [0.5, 0.6) is 0 Å². The van der Waals surface area contributed by atoms with Gasteiger partial charge in [-0.2, -0.15) is 0 Å². The molecule has 1 heterocycles. The average molecular weight is 190 g/mol. The maximum atomic E-state index is 11.7. The Kier molecular flexibility index (Phi) is 1.77. The summed E-state index contributed by atoms with van der Waals surface area (Å²) in [6.07, 6.45) is 0. The summed E-state index contributed by atoms with van der Waals surface area (Å²) in [5.74, 6) is 0. The zero-order valence-electron chi connectivity index (χ0n) is 8.00. The summed E-state index contributed by atoms with van der Waals surface area (Å²) < 4.78 is 1.08. The Balaban J connectivity index is 3.15. The second-order valence-corrected chi connectivity index (χ2v) is 3.29. The van der Waals surface area contributed by atoms with E-state index in [9.17, 15) is 9.59 Å². The lowest BCUT2D eigenvalue weighted by molar-refractivity contribution is 0.793. The predicted octanol–water partition coefficient (Wildman–Crippen LogP) is 0.535. The number of benzene rings is 1. The largest absolute Gasteiger partial charge is 0.328 e. The molecule has 0 saturated carbocycles. The van der Waals surface area contributed by atoms with Crippen molar-refractivity contribution in [1.29, 1.82) is 0 Å². The van der Waals surface area contributed by atoms with Crippen molar-refractivity contribution in [1.82, 2.24) is 9.55 Å². The van der Waals surface area contributed by atoms with Gasteiger partial charge in [-0.3, -0.25) is 9.36 Å². The van der Waals surface area contributed by atoms with E-state index in [2.05, 4.69) is 4.98 Å². The van der Waals surface area contributed by atoms with Gasteiger partial charge in [0.1, 0.15) is 0 Å². The van der Waals surface area contributed by atoms with Crippen molar-refractivity contribution in [2.45, 2.75) is 6.92 Å². The van der Waals surface area contributed by atoms with Gasteiger partial charge in [-0.1, -0.05) is 12.1 Å². The molecule has 0 bridgehead atoms. The van der Waals surface area contributed by atoms with Crippen molar-refractivity contribution >= 4 is 10.9 Å². The van der Waals surface area contributed by atoms with Gasteiger partial charge in [0.2, 0.25) is 0 Å². The fourth-order valence-corrected chi connectivity index (χ4v) is 1.51. The zero-order valence-corrected chi connectivity index (χ0v) is 8.00. The van der Waals surface area contributed by atoms with E-state index < -0.39 is 0 Å². The van der Waals surface area contributed by atoms with E-state index >= 15 is 0 Å². The molecule has 0 fully saturated rings. The van der Waals surface area contributed by atoms with Crippen molar-refractivity contribution < 1.29 is 0 Å². The van der Waals surface area contributed by atoms with E-state index in [4.69, 9.17) is 0 Å². The molecular weight excluding hydrogens is 180 g/mol. The third kappa shape index (κ3) is 1.08. The minimum Gasteiger partial charge on any atom is -0.307 e. The number of aryl methyl sites for hydroxylation is 1. The molecule has 4 nitrogen and oxygen atoms in total. The highest BCUT2D eigenvalue weighted by Gasteiger charge is 2.05. The van der Waals surface area contributed by atoms with Crippen LogP contribution >= 0.6 is 0 Å². The lowest BCUT2D eigenvalue weighted by Crippen LogP contribution is -2.32. The first-order chi connectivity index (χ1) is 6.61. The quantitative estimate of drug-likeness (QED) is 0.659. The second kappa shape index (κ2) is 2.83. The summed E-state index contributed by atoms with van der Waals surface area (Å²) in [6.45, 7) is 1.85. The van der Waals surface area contributed by atoms with Crippen LogP contribution in [0.3, 0.4) is 0 Å². The highest BCUT2D eigenvalue weighted by Crippen LogP contribution is 2.09. The Morgan fingerprint density at radius 1 is 1.29 bits per heavy atom. The molecular formula is C10H10N2O2. The predicted molar refractivity (Wildman–Crippen MR) is 54.5 cm³/mol. The number of hydrogen-bond acceptors (Lipinski definition) is 2. The molecule has 1 N–H and O–H groups in total. The van der Waals surface area contributed by atoms with Crippen molar-refractivity contribution in [2.24, 2.45) is 7.05 Å². The van der Waals surface area contributed by atoms with Gasteiger partial charge >= 0.3 is 5.69 Å². The minimum atomic E-state index is -0.381. The van der Waals surface area contributed by atoms with E-state index in [-0.39, 0.29) is 11.2 Å². The van der Waals surface area contributed by atoms with Crippen LogP contribution in [-0.2, 0) is 7.05 Å². The van der Waals surface area contributed by atoms with E-state index in [1.807, 2.05) is 19.1 Å². The number of hydrogen-bond donors (Lipinski definition) is 1. The SMILES string of the molecule is Cc1cccc2[nH]c(=O)n(C)c(=O)c12. The summed E-state index contributed by atoms with van der Waals surface area (Å²) in [5.41, 5.74) is 0.840. The first kappa shape index (κ1) is 8.74. The second-order valence-electron chi connectivity index (χ2n) is 3.29. The summed E-state index contributed by atoms with van der Waals surface area (Å²) in [6, 6.07) is 5.39. The van der Waals surface area contributed by atoms with E-state index in [0.29, 0.717) is 10.9 Å². The van der Waals surface area contributed by atoms with Crippen LogP contribution in [-0.4, -0.2) is 9.55 Å². The van der Waals surface area contributed by atoms with Gasteiger partial charge < -0.3 is 4.98 Å². The average Bonchev–Trinajstić information content (AvgIpc) is 2.14. The number of H-pyrrole nitrogens is 1. The molecule has 0 aliphatic heterocycles. The topological polar surface area (TPSA) is 54.9 Å². The summed E-state index contributed by atoms with van der Waals surface area (Å²) >= 11 is 0. The molecule has 0 aliphatic rings. The van der Waals surface area contributed by atoms with Gasteiger partial charge in [-0.15, -0.1) is 0 Å². The van der Waals surface area contributed by atoms with Crippen LogP contribution in [0, 0.1) is 6.92 Å². The smallest absolute Gasteiger partial charge is 0.307 e. The number of fused-ring (bicyclic) bond motifs is 1. The maximum absolute atomic E-state index is 11.7. The zero-order chi connectivity index (χ0) is 10.3. The van der Waals surface area contributed by atoms with E-state index in [1.54, 1.807) is 6.07 Å². The molecule has 2 aromatic rings. The maximum Gasteiger partial charge on any atom is 0.328 e. The number of aromatic amines is 1. The monoisotopic (exact) mass is 190 g/mol. The number of nitrogens with zero attached hydrogens (tertiary/aromatic N) is 1. The van der Waals surface area contributed by atoms with Crippen molar-refractivity contribution in [3.05, 3.63) is 44.6 Å². The first-order valence-corrected chi connectivity index (χ1v) is 4.30.